The maximum Gasteiger partial charge on any atom is 0.320 e. The highest BCUT2D eigenvalue weighted by atomic mass is 16.4. The Labute approximate surface area is 137 Å². The van der Waals surface area contributed by atoms with Crippen LogP contribution >= 0.6 is 0 Å². The number of rotatable bonds is 6. The molecule has 0 bridgehead atoms. The Morgan fingerprint density at radius 3 is 2.13 bits per heavy atom. The summed E-state index contributed by atoms with van der Waals surface area (Å²) < 4.78 is 0. The molecule has 1 unspecified atom stereocenters. The van der Waals surface area contributed by atoms with Crippen molar-refractivity contribution in [3.8, 4) is 0 Å². The van der Waals surface area contributed by atoms with Crippen LogP contribution in [0.2, 0.25) is 0 Å². The van der Waals surface area contributed by atoms with Crippen LogP contribution in [0.4, 0.5) is 0 Å². The Morgan fingerprint density at radius 2 is 1.61 bits per heavy atom. The monoisotopic (exact) mass is 309 g/mol. The summed E-state index contributed by atoms with van der Waals surface area (Å²) in [5.41, 5.74) is 10.1. The van der Waals surface area contributed by atoms with Gasteiger partial charge < -0.3 is 10.8 Å². The fourth-order valence-corrected chi connectivity index (χ4v) is 2.41. The van der Waals surface area contributed by atoms with Crippen molar-refractivity contribution in [1.82, 2.24) is 0 Å². The van der Waals surface area contributed by atoms with Gasteiger partial charge in [0.1, 0.15) is 6.04 Å². The molecule has 0 radical (unpaired) electrons. The maximum absolute atomic E-state index is 11.0. The lowest BCUT2D eigenvalue weighted by molar-refractivity contribution is -0.138. The van der Waals surface area contributed by atoms with Crippen LogP contribution in [0.25, 0.3) is 5.57 Å². The molecule has 2 aromatic rings. The lowest BCUT2D eigenvalue weighted by Crippen LogP contribution is -2.29. The number of aliphatic carboxylic acids is 1. The Morgan fingerprint density at radius 1 is 1.04 bits per heavy atom. The van der Waals surface area contributed by atoms with Crippen LogP contribution in [-0.2, 0) is 4.79 Å². The molecule has 3 N–H and O–H groups in total. The van der Waals surface area contributed by atoms with Crippen molar-refractivity contribution >= 4 is 11.5 Å². The average molecular weight is 309 g/mol. The summed E-state index contributed by atoms with van der Waals surface area (Å²) in [4.78, 5) is 11.0. The molecule has 0 amide bonds. The predicted octanol–water partition coefficient (Wildman–Crippen LogP) is 4.04. The lowest BCUT2D eigenvalue weighted by Gasteiger charge is -2.12. The average Bonchev–Trinajstić information content (AvgIpc) is 2.56. The van der Waals surface area contributed by atoms with E-state index in [0.29, 0.717) is 12.3 Å². The molecule has 0 saturated heterocycles. The first-order valence-electron chi connectivity index (χ1n) is 7.83. The number of carbonyl (C=O) groups is 1. The molecule has 0 spiro atoms. The molecule has 23 heavy (non-hydrogen) atoms. The zero-order valence-electron chi connectivity index (χ0n) is 13.6. The molecule has 0 aliphatic carbocycles. The van der Waals surface area contributed by atoms with Gasteiger partial charge >= 0.3 is 5.97 Å². The van der Waals surface area contributed by atoms with E-state index in [2.05, 4.69) is 38.1 Å². The first kappa shape index (κ1) is 17.0. The van der Waals surface area contributed by atoms with Crippen molar-refractivity contribution in [2.24, 2.45) is 5.73 Å². The summed E-state index contributed by atoms with van der Waals surface area (Å²) in [7, 11) is 0. The summed E-state index contributed by atoms with van der Waals surface area (Å²) in [5.74, 6) is -0.502. The zero-order valence-corrected chi connectivity index (χ0v) is 13.6. The highest BCUT2D eigenvalue weighted by Gasteiger charge is 2.11. The topological polar surface area (TPSA) is 63.3 Å². The first-order valence-corrected chi connectivity index (χ1v) is 7.83. The molecule has 0 fully saturated rings. The number of carboxylic acid groups (broad SMARTS) is 1. The highest BCUT2D eigenvalue weighted by Crippen LogP contribution is 2.26. The summed E-state index contributed by atoms with van der Waals surface area (Å²) >= 11 is 0. The van der Waals surface area contributed by atoms with E-state index in [1.54, 1.807) is 0 Å². The van der Waals surface area contributed by atoms with Gasteiger partial charge in [0.25, 0.3) is 0 Å². The molecule has 0 aliphatic rings. The fraction of sp³-hybridized carbons (Fsp3) is 0.250. The standard InChI is InChI=1S/C20H23NO2/c1-14(2)15-8-10-17(11-9-15)18(12-13-19(21)20(22)23)16-6-4-3-5-7-16/h3-12,14,19H,13,21H2,1-2H3,(H,22,23). The number of carboxylic acids is 1. The minimum atomic E-state index is -0.983. The third kappa shape index (κ3) is 4.54. The van der Waals surface area contributed by atoms with Crippen LogP contribution < -0.4 is 5.73 Å². The van der Waals surface area contributed by atoms with Crippen LogP contribution in [0.3, 0.4) is 0 Å². The van der Waals surface area contributed by atoms with E-state index in [9.17, 15) is 4.79 Å². The Hall–Kier alpha value is -2.39. The molecule has 120 valence electrons. The molecular formula is C20H23NO2. The van der Waals surface area contributed by atoms with Gasteiger partial charge in [-0.3, -0.25) is 4.79 Å². The Balaban J connectivity index is 2.37. The van der Waals surface area contributed by atoms with Gasteiger partial charge in [-0.2, -0.15) is 0 Å². The third-order valence-corrected chi connectivity index (χ3v) is 3.87. The van der Waals surface area contributed by atoms with Crippen molar-refractivity contribution in [3.05, 3.63) is 77.4 Å². The minimum Gasteiger partial charge on any atom is -0.480 e. The van der Waals surface area contributed by atoms with E-state index in [0.717, 1.165) is 16.7 Å². The SMILES string of the molecule is CC(C)c1ccc(C(=CCC(N)C(=O)O)c2ccccc2)cc1. The van der Waals surface area contributed by atoms with Crippen molar-refractivity contribution in [3.63, 3.8) is 0 Å². The third-order valence-electron chi connectivity index (χ3n) is 3.87. The van der Waals surface area contributed by atoms with Crippen LogP contribution in [0.15, 0.2) is 60.7 Å². The molecule has 2 rings (SSSR count). The van der Waals surface area contributed by atoms with Crippen LogP contribution in [0.1, 0.15) is 42.9 Å². The summed E-state index contributed by atoms with van der Waals surface area (Å²) in [5, 5.41) is 8.98. The molecular weight excluding hydrogens is 286 g/mol. The van der Waals surface area contributed by atoms with Gasteiger partial charge in [-0.25, -0.2) is 0 Å². The molecule has 0 saturated carbocycles. The highest BCUT2D eigenvalue weighted by molar-refractivity contribution is 5.81. The van der Waals surface area contributed by atoms with E-state index < -0.39 is 12.0 Å². The van der Waals surface area contributed by atoms with E-state index in [4.69, 9.17) is 10.8 Å². The number of benzene rings is 2. The molecule has 1 atom stereocenters. The van der Waals surface area contributed by atoms with E-state index >= 15 is 0 Å². The van der Waals surface area contributed by atoms with Crippen molar-refractivity contribution < 1.29 is 9.90 Å². The van der Waals surface area contributed by atoms with E-state index in [-0.39, 0.29) is 0 Å². The molecule has 3 heteroatoms. The van der Waals surface area contributed by atoms with Gasteiger partial charge in [-0.05, 0) is 34.6 Å². The smallest absolute Gasteiger partial charge is 0.320 e. The van der Waals surface area contributed by atoms with Crippen LogP contribution in [0.5, 0.6) is 0 Å². The van der Waals surface area contributed by atoms with Crippen molar-refractivity contribution in [2.45, 2.75) is 32.2 Å². The largest absolute Gasteiger partial charge is 0.480 e. The maximum atomic E-state index is 11.0. The lowest BCUT2D eigenvalue weighted by atomic mass is 9.93. The van der Waals surface area contributed by atoms with Crippen molar-refractivity contribution in [2.75, 3.05) is 0 Å². The predicted molar refractivity (Wildman–Crippen MR) is 94.3 cm³/mol. The summed E-state index contributed by atoms with van der Waals surface area (Å²) in [6.45, 7) is 4.32. The molecule has 0 aromatic heterocycles. The Kier molecular flexibility index (Phi) is 5.72. The number of nitrogens with two attached hydrogens (primary N) is 1. The normalized spacial score (nSPS) is 13.1. The fourth-order valence-electron chi connectivity index (χ4n) is 2.41. The summed E-state index contributed by atoms with van der Waals surface area (Å²) in [6.07, 6.45) is 2.21. The summed E-state index contributed by atoms with van der Waals surface area (Å²) in [6, 6.07) is 17.5. The molecule has 3 nitrogen and oxygen atoms in total. The first-order chi connectivity index (χ1) is 11.0. The second kappa shape index (κ2) is 7.75. The second-order valence-electron chi connectivity index (χ2n) is 5.94. The Bertz CT molecular complexity index is 673. The van der Waals surface area contributed by atoms with Gasteiger partial charge in [0.05, 0.1) is 0 Å². The molecule has 0 heterocycles. The van der Waals surface area contributed by atoms with Crippen LogP contribution in [0, 0.1) is 0 Å². The van der Waals surface area contributed by atoms with Gasteiger partial charge in [0.15, 0.2) is 0 Å². The zero-order chi connectivity index (χ0) is 16.8. The van der Waals surface area contributed by atoms with Crippen LogP contribution in [-0.4, -0.2) is 17.1 Å². The van der Waals surface area contributed by atoms with E-state index in [1.165, 1.54) is 5.56 Å². The number of hydrogen-bond acceptors (Lipinski definition) is 2. The number of hydrogen-bond donors (Lipinski definition) is 2. The van der Waals surface area contributed by atoms with Gasteiger partial charge in [0.2, 0.25) is 0 Å². The second-order valence-corrected chi connectivity index (χ2v) is 5.94. The molecule has 2 aromatic carbocycles. The van der Waals surface area contributed by atoms with Gasteiger partial charge in [-0.15, -0.1) is 0 Å². The minimum absolute atomic E-state index is 0.297. The van der Waals surface area contributed by atoms with E-state index in [1.807, 2.05) is 36.4 Å². The van der Waals surface area contributed by atoms with Gasteiger partial charge in [-0.1, -0.05) is 74.5 Å². The quantitative estimate of drug-likeness (QED) is 0.846. The van der Waals surface area contributed by atoms with Crippen molar-refractivity contribution in [1.29, 1.82) is 0 Å². The molecule has 0 aliphatic heterocycles. The van der Waals surface area contributed by atoms with Gasteiger partial charge in [0, 0.05) is 0 Å².